The standard InChI is InChI=1S/C13H12O4/c1-16-8-17-13(15)11-3-2-10-7-12(14)5-4-9(10)6-11/h2-7,14H,8H2,1H3. The van der Waals surface area contributed by atoms with Crippen molar-refractivity contribution in [3.05, 3.63) is 42.0 Å². The average molecular weight is 232 g/mol. The number of carbonyl (C=O) groups is 1. The predicted octanol–water partition coefficient (Wildman–Crippen LogP) is 2.31. The van der Waals surface area contributed by atoms with Crippen molar-refractivity contribution in [2.24, 2.45) is 0 Å². The first kappa shape index (κ1) is 11.4. The monoisotopic (exact) mass is 232 g/mol. The molecule has 0 atom stereocenters. The zero-order valence-electron chi connectivity index (χ0n) is 9.34. The lowest BCUT2D eigenvalue weighted by molar-refractivity contribution is -0.0124. The summed E-state index contributed by atoms with van der Waals surface area (Å²) in [6.07, 6.45) is 0. The number of phenolic OH excluding ortho intramolecular Hbond substituents is 1. The summed E-state index contributed by atoms with van der Waals surface area (Å²) < 4.78 is 9.50. The molecule has 17 heavy (non-hydrogen) atoms. The molecular formula is C13H12O4. The van der Waals surface area contributed by atoms with Gasteiger partial charge in [-0.05, 0) is 35.0 Å². The van der Waals surface area contributed by atoms with Gasteiger partial charge < -0.3 is 14.6 Å². The fraction of sp³-hybridized carbons (Fsp3) is 0.154. The van der Waals surface area contributed by atoms with Gasteiger partial charge in [-0.25, -0.2) is 4.79 Å². The molecule has 0 aliphatic carbocycles. The fourth-order valence-electron chi connectivity index (χ4n) is 1.56. The van der Waals surface area contributed by atoms with Crippen LogP contribution in [-0.2, 0) is 9.47 Å². The van der Waals surface area contributed by atoms with Gasteiger partial charge in [0.1, 0.15) is 5.75 Å². The number of ether oxygens (including phenoxy) is 2. The first-order valence-electron chi connectivity index (χ1n) is 5.09. The molecule has 0 aromatic heterocycles. The van der Waals surface area contributed by atoms with Crippen LogP contribution in [0, 0.1) is 0 Å². The van der Waals surface area contributed by atoms with Crippen molar-refractivity contribution in [2.45, 2.75) is 0 Å². The lowest BCUT2D eigenvalue weighted by Crippen LogP contribution is -2.07. The Morgan fingerprint density at radius 2 is 1.88 bits per heavy atom. The average Bonchev–Trinajstić information content (AvgIpc) is 2.35. The number of fused-ring (bicyclic) bond motifs is 1. The van der Waals surface area contributed by atoms with E-state index in [1.165, 1.54) is 7.11 Å². The molecule has 0 aliphatic heterocycles. The van der Waals surface area contributed by atoms with Crippen LogP contribution in [0.3, 0.4) is 0 Å². The third-order valence-electron chi connectivity index (χ3n) is 2.37. The summed E-state index contributed by atoms with van der Waals surface area (Å²) in [7, 11) is 1.45. The zero-order chi connectivity index (χ0) is 12.3. The largest absolute Gasteiger partial charge is 0.508 e. The van der Waals surface area contributed by atoms with Gasteiger partial charge in [0, 0.05) is 7.11 Å². The molecule has 2 aromatic rings. The highest BCUT2D eigenvalue weighted by atomic mass is 16.7. The number of hydrogen-bond donors (Lipinski definition) is 1. The van der Waals surface area contributed by atoms with E-state index in [9.17, 15) is 9.90 Å². The highest BCUT2D eigenvalue weighted by Crippen LogP contribution is 2.21. The highest BCUT2D eigenvalue weighted by molar-refractivity contribution is 5.95. The fourth-order valence-corrected chi connectivity index (χ4v) is 1.56. The molecule has 0 fully saturated rings. The minimum atomic E-state index is -0.429. The quantitative estimate of drug-likeness (QED) is 0.651. The summed E-state index contributed by atoms with van der Waals surface area (Å²) in [6.45, 7) is -0.0630. The second kappa shape index (κ2) is 4.84. The van der Waals surface area contributed by atoms with Gasteiger partial charge in [0.05, 0.1) is 5.56 Å². The molecule has 0 radical (unpaired) electrons. The Morgan fingerprint density at radius 3 is 2.65 bits per heavy atom. The second-order valence-electron chi connectivity index (χ2n) is 3.58. The van der Waals surface area contributed by atoms with E-state index >= 15 is 0 Å². The molecular weight excluding hydrogens is 220 g/mol. The van der Waals surface area contributed by atoms with Gasteiger partial charge in [0.15, 0.2) is 6.79 Å². The Labute approximate surface area is 98.4 Å². The van der Waals surface area contributed by atoms with E-state index in [2.05, 4.69) is 4.74 Å². The Morgan fingerprint density at radius 1 is 1.18 bits per heavy atom. The Balaban J connectivity index is 2.31. The van der Waals surface area contributed by atoms with Crippen LogP contribution in [-0.4, -0.2) is 25.0 Å². The van der Waals surface area contributed by atoms with Gasteiger partial charge in [-0.2, -0.15) is 0 Å². The minimum absolute atomic E-state index is 0.0630. The van der Waals surface area contributed by atoms with Crippen LogP contribution in [0.25, 0.3) is 10.8 Å². The number of benzene rings is 2. The van der Waals surface area contributed by atoms with Crippen LogP contribution in [0.2, 0.25) is 0 Å². The number of carbonyl (C=O) groups excluding carboxylic acids is 1. The smallest absolute Gasteiger partial charge is 0.340 e. The molecule has 0 heterocycles. The van der Waals surface area contributed by atoms with Crippen LogP contribution in [0.15, 0.2) is 36.4 Å². The summed E-state index contributed by atoms with van der Waals surface area (Å²) in [5.74, 6) is -0.228. The SMILES string of the molecule is COCOC(=O)c1ccc2cc(O)ccc2c1. The molecule has 4 nitrogen and oxygen atoms in total. The maximum absolute atomic E-state index is 11.6. The molecule has 0 saturated heterocycles. The molecule has 2 rings (SSSR count). The molecule has 0 bridgehead atoms. The van der Waals surface area contributed by atoms with Crippen LogP contribution in [0.5, 0.6) is 5.75 Å². The summed E-state index contributed by atoms with van der Waals surface area (Å²) >= 11 is 0. The Hall–Kier alpha value is -2.07. The topological polar surface area (TPSA) is 55.8 Å². The Kier molecular flexibility index (Phi) is 3.25. The minimum Gasteiger partial charge on any atom is -0.508 e. The number of rotatable bonds is 3. The van der Waals surface area contributed by atoms with Crippen molar-refractivity contribution in [2.75, 3.05) is 13.9 Å². The molecule has 0 spiro atoms. The van der Waals surface area contributed by atoms with Crippen molar-refractivity contribution >= 4 is 16.7 Å². The van der Waals surface area contributed by atoms with Crippen LogP contribution in [0.1, 0.15) is 10.4 Å². The third-order valence-corrected chi connectivity index (χ3v) is 2.37. The van der Waals surface area contributed by atoms with Crippen LogP contribution < -0.4 is 0 Å². The van der Waals surface area contributed by atoms with Crippen molar-refractivity contribution in [3.8, 4) is 5.75 Å². The number of methoxy groups -OCH3 is 1. The highest BCUT2D eigenvalue weighted by Gasteiger charge is 2.07. The number of phenols is 1. The molecule has 0 aliphatic rings. The van der Waals surface area contributed by atoms with E-state index in [0.717, 1.165) is 10.8 Å². The molecule has 4 heteroatoms. The van der Waals surface area contributed by atoms with E-state index < -0.39 is 5.97 Å². The maximum atomic E-state index is 11.6. The van der Waals surface area contributed by atoms with Crippen molar-refractivity contribution in [3.63, 3.8) is 0 Å². The number of esters is 1. The predicted molar refractivity (Wildman–Crippen MR) is 62.9 cm³/mol. The molecule has 1 N–H and O–H groups in total. The Bertz CT molecular complexity index is 548. The normalized spacial score (nSPS) is 10.4. The summed E-state index contributed by atoms with van der Waals surface area (Å²) in [6, 6.07) is 10.1. The summed E-state index contributed by atoms with van der Waals surface area (Å²) in [5.41, 5.74) is 0.459. The summed E-state index contributed by atoms with van der Waals surface area (Å²) in [4.78, 5) is 11.6. The lowest BCUT2D eigenvalue weighted by Gasteiger charge is -2.04. The van der Waals surface area contributed by atoms with Crippen molar-refractivity contribution in [1.82, 2.24) is 0 Å². The third kappa shape index (κ3) is 2.54. The van der Waals surface area contributed by atoms with Gasteiger partial charge in [-0.1, -0.05) is 12.1 Å². The van der Waals surface area contributed by atoms with E-state index in [1.807, 2.05) is 0 Å². The van der Waals surface area contributed by atoms with Crippen molar-refractivity contribution < 1.29 is 19.4 Å². The molecule has 0 saturated carbocycles. The van der Waals surface area contributed by atoms with Crippen LogP contribution >= 0.6 is 0 Å². The zero-order valence-corrected chi connectivity index (χ0v) is 9.34. The lowest BCUT2D eigenvalue weighted by atomic mass is 10.1. The second-order valence-corrected chi connectivity index (χ2v) is 3.58. The van der Waals surface area contributed by atoms with Crippen LogP contribution in [0.4, 0.5) is 0 Å². The maximum Gasteiger partial charge on any atom is 0.340 e. The van der Waals surface area contributed by atoms with E-state index in [0.29, 0.717) is 5.56 Å². The molecule has 0 amide bonds. The van der Waals surface area contributed by atoms with E-state index in [-0.39, 0.29) is 12.5 Å². The molecule has 2 aromatic carbocycles. The first-order valence-corrected chi connectivity index (χ1v) is 5.09. The van der Waals surface area contributed by atoms with Gasteiger partial charge in [0.2, 0.25) is 0 Å². The van der Waals surface area contributed by atoms with E-state index in [4.69, 9.17) is 4.74 Å². The van der Waals surface area contributed by atoms with Gasteiger partial charge in [-0.3, -0.25) is 0 Å². The van der Waals surface area contributed by atoms with Gasteiger partial charge >= 0.3 is 5.97 Å². The molecule has 0 unspecified atom stereocenters. The number of aromatic hydroxyl groups is 1. The van der Waals surface area contributed by atoms with Gasteiger partial charge in [0.25, 0.3) is 0 Å². The first-order chi connectivity index (χ1) is 8.20. The van der Waals surface area contributed by atoms with Gasteiger partial charge in [-0.15, -0.1) is 0 Å². The van der Waals surface area contributed by atoms with Crippen molar-refractivity contribution in [1.29, 1.82) is 0 Å². The van der Waals surface area contributed by atoms with E-state index in [1.54, 1.807) is 36.4 Å². The number of hydrogen-bond acceptors (Lipinski definition) is 4. The summed E-state index contributed by atoms with van der Waals surface area (Å²) in [5, 5.41) is 11.1. The molecule has 88 valence electrons.